The molecule has 1 N–H and O–H groups in total. The van der Waals surface area contributed by atoms with Gasteiger partial charge in [-0.1, -0.05) is 19.1 Å². The van der Waals surface area contributed by atoms with E-state index in [1.165, 1.54) is 0 Å². The van der Waals surface area contributed by atoms with Crippen LogP contribution in [0, 0.1) is 5.92 Å². The molecule has 0 saturated carbocycles. The normalized spacial score (nSPS) is 16.1. The first-order valence-corrected chi connectivity index (χ1v) is 6.91. The minimum absolute atomic E-state index is 0.0491. The van der Waals surface area contributed by atoms with Gasteiger partial charge in [-0.15, -0.1) is 0 Å². The Morgan fingerprint density at radius 1 is 1.37 bits per heavy atom. The molecule has 1 aliphatic rings. The maximum absolute atomic E-state index is 12.2. The lowest BCUT2D eigenvalue weighted by atomic mass is 9.99. The van der Waals surface area contributed by atoms with Gasteiger partial charge in [-0.2, -0.15) is 0 Å². The van der Waals surface area contributed by atoms with E-state index in [-0.39, 0.29) is 11.8 Å². The molecular weight excluding hydrogens is 242 g/mol. The second kappa shape index (κ2) is 7.14. The highest BCUT2D eigenvalue weighted by atomic mass is 16.5. The Morgan fingerprint density at radius 2 is 2.11 bits per heavy atom. The fourth-order valence-electron chi connectivity index (χ4n) is 2.10. The molecule has 0 bridgehead atoms. The number of hydrogen-bond acceptors (Lipinski definition) is 3. The minimum Gasteiger partial charge on any atom is -0.491 e. The number of anilines is 1. The van der Waals surface area contributed by atoms with Crippen LogP contribution in [0.25, 0.3) is 0 Å². The highest BCUT2D eigenvalue weighted by molar-refractivity contribution is 5.93. The summed E-state index contributed by atoms with van der Waals surface area (Å²) in [4.78, 5) is 12.2. The van der Waals surface area contributed by atoms with Crippen molar-refractivity contribution in [1.82, 2.24) is 0 Å². The lowest BCUT2D eigenvalue weighted by Crippen LogP contribution is -2.28. The molecule has 1 aromatic carbocycles. The monoisotopic (exact) mass is 263 g/mol. The van der Waals surface area contributed by atoms with E-state index in [0.29, 0.717) is 19.8 Å². The number of carbonyl (C=O) groups excluding carboxylic acids is 1. The Labute approximate surface area is 114 Å². The van der Waals surface area contributed by atoms with Crippen molar-refractivity contribution in [3.63, 3.8) is 0 Å². The molecule has 0 spiro atoms. The molecule has 1 aromatic rings. The zero-order valence-corrected chi connectivity index (χ0v) is 11.4. The lowest BCUT2D eigenvalue weighted by molar-refractivity contribution is -0.122. The zero-order chi connectivity index (χ0) is 13.5. The lowest BCUT2D eigenvalue weighted by Gasteiger charge is -2.21. The number of nitrogens with one attached hydrogen (secondary N) is 1. The van der Waals surface area contributed by atoms with Crippen LogP contribution in [0.4, 0.5) is 5.69 Å². The first-order chi connectivity index (χ1) is 9.31. The summed E-state index contributed by atoms with van der Waals surface area (Å²) in [6.07, 6.45) is 2.54. The minimum atomic E-state index is 0.0491. The van der Waals surface area contributed by atoms with E-state index in [1.54, 1.807) is 0 Å². The average Bonchev–Trinajstić information content (AvgIpc) is 2.47. The Bertz CT molecular complexity index is 414. The van der Waals surface area contributed by atoms with Crippen molar-refractivity contribution in [1.29, 1.82) is 0 Å². The Hall–Kier alpha value is -1.55. The number of amides is 1. The number of rotatable bonds is 5. The van der Waals surface area contributed by atoms with Gasteiger partial charge >= 0.3 is 0 Å². The summed E-state index contributed by atoms with van der Waals surface area (Å²) >= 11 is 0. The van der Waals surface area contributed by atoms with Crippen molar-refractivity contribution in [3.05, 3.63) is 24.3 Å². The van der Waals surface area contributed by atoms with Gasteiger partial charge in [0.25, 0.3) is 0 Å². The first kappa shape index (κ1) is 13.9. The van der Waals surface area contributed by atoms with Crippen LogP contribution < -0.4 is 10.1 Å². The second-order valence-electron chi connectivity index (χ2n) is 4.72. The Balaban J connectivity index is 1.99. The van der Waals surface area contributed by atoms with Crippen molar-refractivity contribution >= 4 is 11.6 Å². The average molecular weight is 263 g/mol. The molecule has 0 aromatic heterocycles. The summed E-state index contributed by atoms with van der Waals surface area (Å²) in [6, 6.07) is 7.57. The fourth-order valence-corrected chi connectivity index (χ4v) is 2.10. The van der Waals surface area contributed by atoms with Gasteiger partial charge in [0.2, 0.25) is 5.91 Å². The molecule has 4 heteroatoms. The zero-order valence-electron chi connectivity index (χ0n) is 11.4. The maximum Gasteiger partial charge on any atom is 0.227 e. The van der Waals surface area contributed by atoms with Crippen molar-refractivity contribution in [2.24, 2.45) is 5.92 Å². The topological polar surface area (TPSA) is 47.6 Å². The van der Waals surface area contributed by atoms with E-state index in [9.17, 15) is 4.79 Å². The number of hydrogen-bond donors (Lipinski definition) is 1. The molecule has 0 atom stereocenters. The van der Waals surface area contributed by atoms with Crippen LogP contribution in [0.1, 0.15) is 26.2 Å². The van der Waals surface area contributed by atoms with Gasteiger partial charge in [0.1, 0.15) is 5.75 Å². The van der Waals surface area contributed by atoms with Crippen LogP contribution in [0.15, 0.2) is 24.3 Å². The van der Waals surface area contributed by atoms with Crippen LogP contribution in [-0.4, -0.2) is 25.7 Å². The van der Waals surface area contributed by atoms with Gasteiger partial charge in [0.05, 0.1) is 12.3 Å². The molecule has 1 aliphatic heterocycles. The van der Waals surface area contributed by atoms with E-state index in [4.69, 9.17) is 9.47 Å². The van der Waals surface area contributed by atoms with E-state index >= 15 is 0 Å². The van der Waals surface area contributed by atoms with Crippen LogP contribution in [0.5, 0.6) is 5.75 Å². The summed E-state index contributed by atoms with van der Waals surface area (Å²) in [6.45, 7) is 4.06. The highest BCUT2D eigenvalue weighted by Crippen LogP contribution is 2.25. The van der Waals surface area contributed by atoms with Crippen LogP contribution in [0.2, 0.25) is 0 Å². The van der Waals surface area contributed by atoms with Crippen LogP contribution in [0.3, 0.4) is 0 Å². The van der Waals surface area contributed by atoms with Gasteiger partial charge in [-0.3, -0.25) is 4.79 Å². The predicted molar refractivity (Wildman–Crippen MR) is 74.4 cm³/mol. The fraction of sp³-hybridized carbons (Fsp3) is 0.533. The van der Waals surface area contributed by atoms with Gasteiger partial charge in [0, 0.05) is 19.1 Å². The number of benzene rings is 1. The second-order valence-corrected chi connectivity index (χ2v) is 4.72. The van der Waals surface area contributed by atoms with Gasteiger partial charge in [-0.25, -0.2) is 0 Å². The van der Waals surface area contributed by atoms with E-state index in [0.717, 1.165) is 30.7 Å². The highest BCUT2D eigenvalue weighted by Gasteiger charge is 2.22. The number of carbonyl (C=O) groups is 1. The summed E-state index contributed by atoms with van der Waals surface area (Å²) in [5.41, 5.74) is 0.757. The van der Waals surface area contributed by atoms with Crippen molar-refractivity contribution < 1.29 is 14.3 Å². The standard InChI is InChI=1S/C15H21NO3/c1-2-9-19-14-6-4-3-5-13(14)16-15(17)12-7-10-18-11-8-12/h3-6,12H,2,7-11H2,1H3,(H,16,17). The van der Waals surface area contributed by atoms with Gasteiger partial charge in [0.15, 0.2) is 0 Å². The molecule has 0 aliphatic carbocycles. The summed E-state index contributed by atoms with van der Waals surface area (Å²) in [7, 11) is 0. The van der Waals surface area contributed by atoms with Gasteiger partial charge in [-0.05, 0) is 31.4 Å². The van der Waals surface area contributed by atoms with Crippen molar-refractivity contribution in [2.75, 3.05) is 25.1 Å². The molecule has 19 heavy (non-hydrogen) atoms. The summed E-state index contributed by atoms with van der Waals surface area (Å²) < 4.78 is 10.9. The number of para-hydroxylation sites is 2. The predicted octanol–water partition coefficient (Wildman–Crippen LogP) is 2.84. The van der Waals surface area contributed by atoms with E-state index < -0.39 is 0 Å². The smallest absolute Gasteiger partial charge is 0.227 e. The maximum atomic E-state index is 12.2. The van der Waals surface area contributed by atoms with Crippen LogP contribution >= 0.6 is 0 Å². The molecule has 1 heterocycles. The van der Waals surface area contributed by atoms with E-state index in [1.807, 2.05) is 24.3 Å². The molecular formula is C15H21NO3. The molecule has 0 radical (unpaired) electrons. The molecule has 1 fully saturated rings. The van der Waals surface area contributed by atoms with E-state index in [2.05, 4.69) is 12.2 Å². The summed E-state index contributed by atoms with van der Waals surface area (Å²) in [5, 5.41) is 2.97. The van der Waals surface area contributed by atoms with Gasteiger partial charge < -0.3 is 14.8 Å². The molecule has 4 nitrogen and oxygen atoms in total. The third-order valence-electron chi connectivity index (χ3n) is 3.20. The largest absolute Gasteiger partial charge is 0.491 e. The number of ether oxygens (including phenoxy) is 2. The summed E-state index contributed by atoms with van der Waals surface area (Å²) in [5.74, 6) is 0.855. The van der Waals surface area contributed by atoms with Crippen LogP contribution in [-0.2, 0) is 9.53 Å². The Kier molecular flexibility index (Phi) is 5.21. The van der Waals surface area contributed by atoms with Crippen molar-refractivity contribution in [3.8, 4) is 5.75 Å². The third-order valence-corrected chi connectivity index (χ3v) is 3.20. The Morgan fingerprint density at radius 3 is 2.84 bits per heavy atom. The third kappa shape index (κ3) is 3.96. The molecule has 104 valence electrons. The quantitative estimate of drug-likeness (QED) is 0.888. The molecule has 1 amide bonds. The molecule has 1 saturated heterocycles. The molecule has 0 unspecified atom stereocenters. The first-order valence-electron chi connectivity index (χ1n) is 6.91. The SMILES string of the molecule is CCCOc1ccccc1NC(=O)C1CCOCC1. The van der Waals surface area contributed by atoms with Crippen molar-refractivity contribution in [2.45, 2.75) is 26.2 Å². The molecule has 2 rings (SSSR count).